The molecular weight excluding hydrogens is 249 g/mol. The van der Waals surface area contributed by atoms with Gasteiger partial charge in [0.15, 0.2) is 0 Å². The van der Waals surface area contributed by atoms with E-state index in [1.165, 1.54) is 0 Å². The summed E-state index contributed by atoms with van der Waals surface area (Å²) < 4.78 is 39.8. The van der Waals surface area contributed by atoms with Crippen LogP contribution in [-0.4, -0.2) is 37.4 Å². The minimum Gasteiger partial charge on any atom is -0.362 e. The molecule has 0 aromatic heterocycles. The third kappa shape index (κ3) is 5.22. The predicted octanol–water partition coefficient (Wildman–Crippen LogP) is 1.34. The summed E-state index contributed by atoms with van der Waals surface area (Å²) in [4.78, 5) is 11.5. The maximum Gasteiger partial charge on any atom is 0.411 e. The van der Waals surface area contributed by atoms with Crippen molar-refractivity contribution in [1.29, 1.82) is 0 Å². The van der Waals surface area contributed by atoms with Crippen LogP contribution in [0.25, 0.3) is 0 Å². The van der Waals surface area contributed by atoms with Crippen molar-refractivity contribution in [2.75, 3.05) is 19.8 Å². The summed E-state index contributed by atoms with van der Waals surface area (Å²) in [5.41, 5.74) is 5.19. The Labute approximate surface area is 104 Å². The van der Waals surface area contributed by atoms with Gasteiger partial charge in [-0.1, -0.05) is 19.3 Å². The van der Waals surface area contributed by atoms with E-state index in [4.69, 9.17) is 5.73 Å². The number of amides is 1. The van der Waals surface area contributed by atoms with Gasteiger partial charge in [0.1, 0.15) is 13.2 Å². The molecule has 106 valence electrons. The maximum atomic E-state index is 11.8. The Morgan fingerprint density at radius 1 is 1.28 bits per heavy atom. The lowest BCUT2D eigenvalue weighted by Gasteiger charge is -2.37. The predicted molar refractivity (Wildman–Crippen MR) is 59.9 cm³/mol. The lowest BCUT2D eigenvalue weighted by atomic mass is 9.81. The Kier molecular flexibility index (Phi) is 5.40. The number of alkyl halides is 3. The van der Waals surface area contributed by atoms with E-state index in [2.05, 4.69) is 10.1 Å². The fourth-order valence-corrected chi connectivity index (χ4v) is 2.20. The molecule has 1 amide bonds. The monoisotopic (exact) mass is 268 g/mol. The van der Waals surface area contributed by atoms with Gasteiger partial charge >= 0.3 is 6.18 Å². The topological polar surface area (TPSA) is 64.3 Å². The van der Waals surface area contributed by atoms with Crippen LogP contribution < -0.4 is 11.1 Å². The SMILES string of the molecule is NCC1(NC(=O)COCC(F)(F)F)CCCCC1. The summed E-state index contributed by atoms with van der Waals surface area (Å²) in [6.45, 7) is -1.69. The molecule has 18 heavy (non-hydrogen) atoms. The number of halogens is 3. The highest BCUT2D eigenvalue weighted by atomic mass is 19.4. The Bertz CT molecular complexity index is 276. The third-order valence-electron chi connectivity index (χ3n) is 3.10. The second-order valence-electron chi connectivity index (χ2n) is 4.70. The first-order chi connectivity index (χ1) is 8.37. The van der Waals surface area contributed by atoms with Crippen LogP contribution in [0, 0.1) is 0 Å². The number of carbonyl (C=O) groups excluding carboxylic acids is 1. The molecule has 1 aliphatic carbocycles. The molecule has 0 spiro atoms. The van der Waals surface area contributed by atoms with E-state index >= 15 is 0 Å². The summed E-state index contributed by atoms with van der Waals surface area (Å²) >= 11 is 0. The number of nitrogens with one attached hydrogen (secondary N) is 1. The van der Waals surface area contributed by atoms with Crippen molar-refractivity contribution in [3.8, 4) is 0 Å². The van der Waals surface area contributed by atoms with Gasteiger partial charge in [0.2, 0.25) is 5.91 Å². The molecule has 3 N–H and O–H groups in total. The van der Waals surface area contributed by atoms with Gasteiger partial charge in [-0.25, -0.2) is 0 Å². The molecule has 4 nitrogen and oxygen atoms in total. The minimum absolute atomic E-state index is 0.304. The van der Waals surface area contributed by atoms with Crippen LogP contribution in [0.3, 0.4) is 0 Å². The molecule has 0 aromatic carbocycles. The summed E-state index contributed by atoms with van der Waals surface area (Å²) in [6.07, 6.45) is 0.184. The van der Waals surface area contributed by atoms with E-state index in [0.717, 1.165) is 32.1 Å². The number of nitrogens with two attached hydrogens (primary N) is 1. The summed E-state index contributed by atoms with van der Waals surface area (Å²) in [6, 6.07) is 0. The molecule has 0 unspecified atom stereocenters. The molecule has 1 rings (SSSR count). The summed E-state index contributed by atoms with van der Waals surface area (Å²) in [5.74, 6) is -0.536. The molecule has 7 heteroatoms. The Hall–Kier alpha value is -0.820. The Morgan fingerprint density at radius 2 is 1.89 bits per heavy atom. The molecular formula is C11H19F3N2O2. The standard InChI is InChI=1S/C11H19F3N2O2/c12-11(13,14)8-18-6-9(17)16-10(7-15)4-2-1-3-5-10/h1-8,15H2,(H,16,17). The lowest BCUT2D eigenvalue weighted by Crippen LogP contribution is -2.55. The van der Waals surface area contributed by atoms with Crippen LogP contribution in [-0.2, 0) is 9.53 Å². The van der Waals surface area contributed by atoms with Gasteiger partial charge in [-0.05, 0) is 12.8 Å². The highest BCUT2D eigenvalue weighted by molar-refractivity contribution is 5.78. The largest absolute Gasteiger partial charge is 0.411 e. The van der Waals surface area contributed by atoms with E-state index < -0.39 is 30.8 Å². The van der Waals surface area contributed by atoms with Crippen molar-refractivity contribution in [3.63, 3.8) is 0 Å². The summed E-state index contributed by atoms with van der Waals surface area (Å²) in [7, 11) is 0. The zero-order valence-corrected chi connectivity index (χ0v) is 10.2. The zero-order valence-electron chi connectivity index (χ0n) is 10.2. The van der Waals surface area contributed by atoms with Crippen molar-refractivity contribution in [3.05, 3.63) is 0 Å². The lowest BCUT2D eigenvalue weighted by molar-refractivity contribution is -0.176. The molecule has 1 saturated carbocycles. The maximum absolute atomic E-state index is 11.8. The molecule has 0 bridgehead atoms. The average Bonchev–Trinajstić information content (AvgIpc) is 2.28. The van der Waals surface area contributed by atoms with E-state index in [1.807, 2.05) is 0 Å². The van der Waals surface area contributed by atoms with Crippen molar-refractivity contribution in [2.45, 2.75) is 43.8 Å². The zero-order chi connectivity index (χ0) is 13.6. The fourth-order valence-electron chi connectivity index (χ4n) is 2.20. The number of carbonyl (C=O) groups is 1. The normalized spacial score (nSPS) is 19.6. The fraction of sp³-hybridized carbons (Fsp3) is 0.909. The van der Waals surface area contributed by atoms with Gasteiger partial charge in [-0.3, -0.25) is 4.79 Å². The van der Waals surface area contributed by atoms with Crippen molar-refractivity contribution in [2.24, 2.45) is 5.73 Å². The third-order valence-corrected chi connectivity index (χ3v) is 3.10. The highest BCUT2D eigenvalue weighted by Gasteiger charge is 2.32. The van der Waals surface area contributed by atoms with Crippen molar-refractivity contribution < 1.29 is 22.7 Å². The number of hydrogen-bond acceptors (Lipinski definition) is 3. The number of ether oxygens (including phenoxy) is 1. The average molecular weight is 268 g/mol. The minimum atomic E-state index is -4.41. The van der Waals surface area contributed by atoms with Gasteiger partial charge < -0.3 is 15.8 Å². The first-order valence-electron chi connectivity index (χ1n) is 6.02. The first kappa shape index (κ1) is 15.2. The molecule has 0 radical (unpaired) electrons. The first-order valence-corrected chi connectivity index (χ1v) is 6.02. The molecule has 0 aliphatic heterocycles. The van der Waals surface area contributed by atoms with E-state index in [1.54, 1.807) is 0 Å². The second kappa shape index (κ2) is 6.38. The number of rotatable bonds is 5. The Balaban J connectivity index is 2.33. The van der Waals surface area contributed by atoms with Crippen LogP contribution >= 0.6 is 0 Å². The van der Waals surface area contributed by atoms with Crippen molar-refractivity contribution >= 4 is 5.91 Å². The smallest absolute Gasteiger partial charge is 0.362 e. The van der Waals surface area contributed by atoms with Gasteiger partial charge in [-0.2, -0.15) is 13.2 Å². The van der Waals surface area contributed by atoms with E-state index in [-0.39, 0.29) is 0 Å². The highest BCUT2D eigenvalue weighted by Crippen LogP contribution is 2.27. The molecule has 1 fully saturated rings. The van der Waals surface area contributed by atoms with Gasteiger partial charge in [0, 0.05) is 6.54 Å². The quantitative estimate of drug-likeness (QED) is 0.791. The van der Waals surface area contributed by atoms with Crippen LogP contribution in [0.5, 0.6) is 0 Å². The van der Waals surface area contributed by atoms with Gasteiger partial charge in [0.25, 0.3) is 0 Å². The van der Waals surface area contributed by atoms with Gasteiger partial charge in [0.05, 0.1) is 5.54 Å². The van der Waals surface area contributed by atoms with Crippen LogP contribution in [0.15, 0.2) is 0 Å². The van der Waals surface area contributed by atoms with Crippen LogP contribution in [0.4, 0.5) is 13.2 Å². The van der Waals surface area contributed by atoms with Crippen LogP contribution in [0.1, 0.15) is 32.1 Å². The molecule has 0 atom stereocenters. The van der Waals surface area contributed by atoms with Crippen molar-refractivity contribution in [1.82, 2.24) is 5.32 Å². The van der Waals surface area contributed by atoms with E-state index in [9.17, 15) is 18.0 Å². The molecule has 1 aliphatic rings. The molecule has 0 saturated heterocycles. The second-order valence-corrected chi connectivity index (χ2v) is 4.70. The molecule has 0 aromatic rings. The summed E-state index contributed by atoms with van der Waals surface area (Å²) in [5, 5.41) is 2.71. The van der Waals surface area contributed by atoms with Gasteiger partial charge in [-0.15, -0.1) is 0 Å². The van der Waals surface area contributed by atoms with E-state index in [0.29, 0.717) is 6.54 Å². The van der Waals surface area contributed by atoms with Crippen LogP contribution in [0.2, 0.25) is 0 Å². The Morgan fingerprint density at radius 3 is 2.39 bits per heavy atom. The number of hydrogen-bond donors (Lipinski definition) is 2. The molecule has 0 heterocycles.